The van der Waals surface area contributed by atoms with Crippen molar-refractivity contribution in [3.8, 4) is 0 Å². The first-order valence-corrected chi connectivity index (χ1v) is 11.3. The molecular weight excluding hydrogens is 380 g/mol. The minimum absolute atomic E-state index is 0.377. The van der Waals surface area contributed by atoms with Crippen molar-refractivity contribution in [2.75, 3.05) is 31.1 Å². The van der Waals surface area contributed by atoms with Gasteiger partial charge in [-0.05, 0) is 54.7 Å². The smallest absolute Gasteiger partial charge is 0.243 e. The summed E-state index contributed by atoms with van der Waals surface area (Å²) < 4.78 is 27.6. The third-order valence-corrected chi connectivity index (χ3v) is 7.60. The number of rotatable bonds is 5. The lowest BCUT2D eigenvalue weighted by Gasteiger charge is -2.36. The molecule has 2 aromatic rings. The van der Waals surface area contributed by atoms with Gasteiger partial charge < -0.3 is 4.90 Å². The minimum atomic E-state index is -3.45. The van der Waals surface area contributed by atoms with Crippen molar-refractivity contribution in [1.82, 2.24) is 4.31 Å². The van der Waals surface area contributed by atoms with E-state index in [0.29, 0.717) is 42.0 Å². The molecular formula is C21H27ClN2O2S. The molecule has 3 rings (SSSR count). The molecule has 0 amide bonds. The second kappa shape index (κ2) is 8.21. The lowest BCUT2D eigenvalue weighted by Crippen LogP contribution is -2.48. The van der Waals surface area contributed by atoms with E-state index in [4.69, 9.17) is 11.6 Å². The molecule has 0 spiro atoms. The number of hydrogen-bond donors (Lipinski definition) is 0. The van der Waals surface area contributed by atoms with Crippen LogP contribution in [0.25, 0.3) is 0 Å². The van der Waals surface area contributed by atoms with Crippen LogP contribution in [-0.4, -0.2) is 38.9 Å². The van der Waals surface area contributed by atoms with Crippen molar-refractivity contribution in [2.24, 2.45) is 0 Å². The zero-order valence-corrected chi connectivity index (χ0v) is 17.7. The number of piperazine rings is 1. The van der Waals surface area contributed by atoms with Crippen molar-refractivity contribution in [3.63, 3.8) is 0 Å². The topological polar surface area (TPSA) is 40.6 Å². The molecule has 0 bridgehead atoms. The van der Waals surface area contributed by atoms with E-state index in [1.165, 1.54) is 5.56 Å². The second-order valence-corrected chi connectivity index (χ2v) is 9.57. The molecule has 2 aromatic carbocycles. The summed E-state index contributed by atoms with van der Waals surface area (Å²) in [5.41, 5.74) is 3.41. The molecule has 0 N–H and O–H groups in total. The van der Waals surface area contributed by atoms with Gasteiger partial charge in [0.05, 0.1) is 4.90 Å². The van der Waals surface area contributed by atoms with Gasteiger partial charge in [-0.2, -0.15) is 4.31 Å². The highest BCUT2D eigenvalue weighted by molar-refractivity contribution is 7.89. The van der Waals surface area contributed by atoms with E-state index in [-0.39, 0.29) is 0 Å². The van der Waals surface area contributed by atoms with Gasteiger partial charge in [0.1, 0.15) is 0 Å². The Bertz CT molecular complexity index is 889. The van der Waals surface area contributed by atoms with Crippen LogP contribution in [0.4, 0.5) is 5.69 Å². The highest BCUT2D eigenvalue weighted by Gasteiger charge is 2.29. The zero-order chi connectivity index (χ0) is 19.6. The maximum atomic E-state index is 13.0. The standard InChI is InChI=1S/C21H27ClN2O2S/c1-4-16(2)18-6-9-20(10-7-18)27(25,26)24-13-11-23(12-14-24)21-15-19(22)8-5-17(21)3/h5-10,15-16H,4,11-14H2,1-3H3. The normalized spacial score (nSPS) is 17.1. The molecule has 1 unspecified atom stereocenters. The molecule has 1 heterocycles. The van der Waals surface area contributed by atoms with Crippen molar-refractivity contribution in [2.45, 2.75) is 38.0 Å². The van der Waals surface area contributed by atoms with E-state index in [2.05, 4.69) is 18.7 Å². The van der Waals surface area contributed by atoms with Gasteiger partial charge in [0, 0.05) is 36.9 Å². The quantitative estimate of drug-likeness (QED) is 0.724. The zero-order valence-electron chi connectivity index (χ0n) is 16.2. The number of nitrogens with zero attached hydrogens (tertiary/aromatic N) is 2. The van der Waals surface area contributed by atoms with Crippen LogP contribution in [-0.2, 0) is 10.0 Å². The third kappa shape index (κ3) is 4.31. The first-order chi connectivity index (χ1) is 12.8. The summed E-state index contributed by atoms with van der Waals surface area (Å²) in [4.78, 5) is 2.58. The van der Waals surface area contributed by atoms with Crippen LogP contribution in [0.15, 0.2) is 47.4 Å². The molecule has 4 nitrogen and oxygen atoms in total. The molecule has 0 aromatic heterocycles. The van der Waals surface area contributed by atoms with Gasteiger partial charge in [0.2, 0.25) is 10.0 Å². The Labute approximate surface area is 167 Å². The van der Waals surface area contributed by atoms with Crippen LogP contribution >= 0.6 is 11.6 Å². The highest BCUT2D eigenvalue weighted by atomic mass is 35.5. The Kier molecular flexibility index (Phi) is 6.14. The lowest BCUT2D eigenvalue weighted by atomic mass is 9.99. The summed E-state index contributed by atoms with van der Waals surface area (Å²) in [5, 5.41) is 0.701. The first-order valence-electron chi connectivity index (χ1n) is 9.44. The summed E-state index contributed by atoms with van der Waals surface area (Å²) in [6.45, 7) is 8.60. The van der Waals surface area contributed by atoms with Gasteiger partial charge in [-0.1, -0.05) is 43.6 Å². The Morgan fingerprint density at radius 2 is 1.67 bits per heavy atom. The highest BCUT2D eigenvalue weighted by Crippen LogP contribution is 2.27. The van der Waals surface area contributed by atoms with E-state index in [9.17, 15) is 8.42 Å². The molecule has 1 aliphatic rings. The van der Waals surface area contributed by atoms with Crippen molar-refractivity contribution in [3.05, 3.63) is 58.6 Å². The van der Waals surface area contributed by atoms with Crippen LogP contribution in [0, 0.1) is 6.92 Å². The molecule has 0 saturated carbocycles. The van der Waals surface area contributed by atoms with Crippen molar-refractivity contribution >= 4 is 27.3 Å². The second-order valence-electron chi connectivity index (χ2n) is 7.20. The van der Waals surface area contributed by atoms with Gasteiger partial charge in [0.15, 0.2) is 0 Å². The summed E-state index contributed by atoms with van der Waals surface area (Å²) in [5.74, 6) is 0.436. The van der Waals surface area contributed by atoms with Gasteiger partial charge in [-0.25, -0.2) is 8.42 Å². The van der Waals surface area contributed by atoms with Gasteiger partial charge >= 0.3 is 0 Å². The largest absolute Gasteiger partial charge is 0.369 e. The van der Waals surface area contributed by atoms with Crippen LogP contribution in [0.1, 0.15) is 37.3 Å². The van der Waals surface area contributed by atoms with E-state index in [1.54, 1.807) is 16.4 Å². The number of sulfonamides is 1. The Morgan fingerprint density at radius 3 is 2.26 bits per heavy atom. The maximum absolute atomic E-state index is 13.0. The molecule has 1 saturated heterocycles. The van der Waals surface area contributed by atoms with Crippen LogP contribution < -0.4 is 4.90 Å². The molecule has 0 radical (unpaired) electrons. The minimum Gasteiger partial charge on any atom is -0.369 e. The summed E-state index contributed by atoms with van der Waals surface area (Å²) in [6.07, 6.45) is 1.04. The average molecular weight is 407 g/mol. The van der Waals surface area contributed by atoms with Crippen LogP contribution in [0.5, 0.6) is 0 Å². The number of hydrogen-bond acceptors (Lipinski definition) is 3. The Balaban J connectivity index is 1.72. The molecule has 146 valence electrons. The summed E-state index contributed by atoms with van der Waals surface area (Å²) in [6, 6.07) is 13.2. The molecule has 6 heteroatoms. The van der Waals surface area contributed by atoms with Crippen molar-refractivity contribution < 1.29 is 8.42 Å². The molecule has 27 heavy (non-hydrogen) atoms. The number of anilines is 1. The number of aryl methyl sites for hydroxylation is 1. The molecule has 1 aliphatic heterocycles. The average Bonchev–Trinajstić information content (AvgIpc) is 2.69. The molecule has 1 atom stereocenters. The maximum Gasteiger partial charge on any atom is 0.243 e. The third-order valence-electron chi connectivity index (χ3n) is 5.45. The fourth-order valence-electron chi connectivity index (χ4n) is 3.45. The van der Waals surface area contributed by atoms with E-state index in [0.717, 1.165) is 17.7 Å². The SMILES string of the molecule is CCC(C)c1ccc(S(=O)(=O)N2CCN(c3cc(Cl)ccc3C)CC2)cc1. The van der Waals surface area contributed by atoms with Gasteiger partial charge in [-0.15, -0.1) is 0 Å². The fourth-order valence-corrected chi connectivity index (χ4v) is 5.03. The predicted octanol–water partition coefficient (Wildman–Crippen LogP) is 4.67. The fraction of sp³-hybridized carbons (Fsp3) is 0.429. The lowest BCUT2D eigenvalue weighted by molar-refractivity contribution is 0.384. The Hall–Kier alpha value is -1.56. The van der Waals surface area contributed by atoms with Gasteiger partial charge in [-0.3, -0.25) is 0 Å². The molecule has 1 fully saturated rings. The van der Waals surface area contributed by atoms with Gasteiger partial charge in [0.25, 0.3) is 0 Å². The van der Waals surface area contributed by atoms with E-state index >= 15 is 0 Å². The van der Waals surface area contributed by atoms with E-state index < -0.39 is 10.0 Å². The summed E-state index contributed by atoms with van der Waals surface area (Å²) in [7, 11) is -3.45. The predicted molar refractivity (Wildman–Crippen MR) is 112 cm³/mol. The van der Waals surface area contributed by atoms with E-state index in [1.807, 2.05) is 37.3 Å². The number of halogens is 1. The number of benzene rings is 2. The first kappa shape index (κ1) is 20.2. The van der Waals surface area contributed by atoms with Crippen LogP contribution in [0.2, 0.25) is 5.02 Å². The molecule has 0 aliphatic carbocycles. The van der Waals surface area contributed by atoms with Crippen LogP contribution in [0.3, 0.4) is 0 Å². The monoisotopic (exact) mass is 406 g/mol. The summed E-state index contributed by atoms with van der Waals surface area (Å²) >= 11 is 6.13. The Morgan fingerprint density at radius 1 is 1.04 bits per heavy atom. The van der Waals surface area contributed by atoms with Crippen molar-refractivity contribution in [1.29, 1.82) is 0 Å².